The van der Waals surface area contributed by atoms with E-state index in [-0.39, 0.29) is 17.7 Å². The van der Waals surface area contributed by atoms with Crippen molar-refractivity contribution in [3.05, 3.63) is 76.8 Å². The summed E-state index contributed by atoms with van der Waals surface area (Å²) < 4.78 is 1.19. The number of allylic oxidation sites excluding steroid dienone is 2. The molecule has 1 aromatic heterocycles. The fraction of sp³-hybridized carbons (Fsp3) is 0.273. The summed E-state index contributed by atoms with van der Waals surface area (Å²) in [6, 6.07) is 16.4. The number of thiazole rings is 1. The van der Waals surface area contributed by atoms with Gasteiger partial charge in [-0.15, -0.1) is 11.3 Å². The summed E-state index contributed by atoms with van der Waals surface area (Å²) in [4.78, 5) is 17.7. The van der Waals surface area contributed by atoms with Crippen molar-refractivity contribution in [3.63, 3.8) is 0 Å². The van der Waals surface area contributed by atoms with Crippen molar-refractivity contribution in [1.29, 1.82) is 0 Å². The number of amides is 1. The normalized spacial score (nSPS) is 19.6. The van der Waals surface area contributed by atoms with Crippen molar-refractivity contribution in [1.82, 2.24) is 10.3 Å². The topological polar surface area (TPSA) is 42.0 Å². The summed E-state index contributed by atoms with van der Waals surface area (Å²) in [5.41, 5.74) is 3.41. The van der Waals surface area contributed by atoms with Crippen LogP contribution in [0.15, 0.2) is 60.7 Å². The number of carbonyl (C=O) groups is 1. The number of para-hydroxylation sites is 1. The molecule has 1 amide bonds. The fourth-order valence-electron chi connectivity index (χ4n) is 3.55. The highest BCUT2D eigenvalue weighted by atomic mass is 32.1. The third-order valence-electron chi connectivity index (χ3n) is 5.11. The van der Waals surface area contributed by atoms with E-state index in [1.54, 1.807) is 11.3 Å². The maximum absolute atomic E-state index is 12.9. The zero-order valence-electron chi connectivity index (χ0n) is 14.8. The standard InChI is InChI=1S/C22H22N2OS/c1-15-8-2-3-9-16(15)14-23-21(25)17-10-4-5-11-18(17)22-24-19-12-6-7-13-20(19)26-22/h2-9,12-13,17-18H,10-11,14H2,1H3,(H,23,25). The zero-order chi connectivity index (χ0) is 17.9. The molecule has 1 heterocycles. The molecule has 1 N–H and O–H groups in total. The molecule has 4 rings (SSSR count). The highest BCUT2D eigenvalue weighted by molar-refractivity contribution is 7.18. The SMILES string of the molecule is Cc1ccccc1CNC(=O)C1CC=CCC1c1nc2ccccc2s1. The maximum atomic E-state index is 12.9. The van der Waals surface area contributed by atoms with Gasteiger partial charge in [-0.3, -0.25) is 4.79 Å². The molecule has 3 aromatic rings. The van der Waals surface area contributed by atoms with Crippen LogP contribution in [0.25, 0.3) is 10.2 Å². The smallest absolute Gasteiger partial charge is 0.224 e. The average molecular weight is 362 g/mol. The van der Waals surface area contributed by atoms with Gasteiger partial charge >= 0.3 is 0 Å². The Morgan fingerprint density at radius 2 is 1.88 bits per heavy atom. The summed E-state index contributed by atoms with van der Waals surface area (Å²) in [6.07, 6.45) is 5.96. The number of nitrogens with one attached hydrogen (secondary N) is 1. The van der Waals surface area contributed by atoms with E-state index in [0.717, 1.165) is 23.4 Å². The minimum Gasteiger partial charge on any atom is -0.352 e. The first-order chi connectivity index (χ1) is 12.7. The Balaban J connectivity index is 1.52. The number of aromatic nitrogens is 1. The summed E-state index contributed by atoms with van der Waals surface area (Å²) in [6.45, 7) is 2.66. The van der Waals surface area contributed by atoms with E-state index in [1.807, 2.05) is 30.3 Å². The second-order valence-corrected chi connectivity index (χ2v) is 7.88. The highest BCUT2D eigenvalue weighted by Gasteiger charge is 2.32. The average Bonchev–Trinajstić information content (AvgIpc) is 3.11. The van der Waals surface area contributed by atoms with E-state index < -0.39 is 0 Å². The molecule has 2 atom stereocenters. The van der Waals surface area contributed by atoms with Crippen molar-refractivity contribution in [3.8, 4) is 0 Å². The lowest BCUT2D eigenvalue weighted by Crippen LogP contribution is -2.34. The van der Waals surface area contributed by atoms with Crippen LogP contribution < -0.4 is 5.32 Å². The molecule has 0 fully saturated rings. The van der Waals surface area contributed by atoms with Crippen LogP contribution in [0.5, 0.6) is 0 Å². The molecule has 0 bridgehead atoms. The number of rotatable bonds is 4. The first-order valence-corrected chi connectivity index (χ1v) is 9.86. The number of aryl methyl sites for hydroxylation is 1. The molecule has 0 spiro atoms. The molecule has 132 valence electrons. The van der Waals surface area contributed by atoms with Gasteiger partial charge in [0, 0.05) is 12.5 Å². The number of fused-ring (bicyclic) bond motifs is 1. The predicted molar refractivity (Wildman–Crippen MR) is 107 cm³/mol. The molecule has 0 radical (unpaired) electrons. The van der Waals surface area contributed by atoms with E-state index in [4.69, 9.17) is 4.98 Å². The second-order valence-electron chi connectivity index (χ2n) is 6.82. The molecule has 1 aliphatic carbocycles. The largest absolute Gasteiger partial charge is 0.352 e. The summed E-state index contributed by atoms with van der Waals surface area (Å²) in [7, 11) is 0. The number of hydrogen-bond donors (Lipinski definition) is 1. The summed E-state index contributed by atoms with van der Waals surface area (Å²) in [5.74, 6) is 0.237. The van der Waals surface area contributed by atoms with Gasteiger partial charge in [0.15, 0.2) is 0 Å². The quantitative estimate of drug-likeness (QED) is 0.666. The molecule has 26 heavy (non-hydrogen) atoms. The van der Waals surface area contributed by atoms with Crippen molar-refractivity contribution >= 4 is 27.5 Å². The number of carbonyl (C=O) groups excluding carboxylic acids is 1. The van der Waals surface area contributed by atoms with Crippen molar-refractivity contribution in [2.75, 3.05) is 0 Å². The molecular formula is C22H22N2OS. The number of hydrogen-bond acceptors (Lipinski definition) is 3. The molecule has 2 aromatic carbocycles. The van der Waals surface area contributed by atoms with E-state index in [9.17, 15) is 4.79 Å². The molecule has 2 unspecified atom stereocenters. The summed E-state index contributed by atoms with van der Waals surface area (Å²) >= 11 is 1.72. The highest BCUT2D eigenvalue weighted by Crippen LogP contribution is 2.38. The van der Waals surface area contributed by atoms with Crippen molar-refractivity contribution in [2.45, 2.75) is 32.2 Å². The van der Waals surface area contributed by atoms with Gasteiger partial charge in [-0.25, -0.2) is 4.98 Å². The van der Waals surface area contributed by atoms with Crippen LogP contribution in [0.3, 0.4) is 0 Å². The van der Waals surface area contributed by atoms with Crippen LogP contribution in [0.4, 0.5) is 0 Å². The first-order valence-electron chi connectivity index (χ1n) is 9.05. The van der Waals surface area contributed by atoms with Crippen molar-refractivity contribution in [2.24, 2.45) is 5.92 Å². The molecule has 3 nitrogen and oxygen atoms in total. The number of nitrogens with zero attached hydrogens (tertiary/aromatic N) is 1. The van der Waals surface area contributed by atoms with Crippen LogP contribution in [-0.4, -0.2) is 10.9 Å². The van der Waals surface area contributed by atoms with Gasteiger partial charge < -0.3 is 5.32 Å². The first kappa shape index (κ1) is 17.0. The monoisotopic (exact) mass is 362 g/mol. The van der Waals surface area contributed by atoms with E-state index >= 15 is 0 Å². The minimum absolute atomic E-state index is 0.0513. The summed E-state index contributed by atoms with van der Waals surface area (Å²) in [5, 5.41) is 4.22. The lowest BCUT2D eigenvalue weighted by Gasteiger charge is -2.26. The Labute approximate surface area is 157 Å². The van der Waals surface area contributed by atoms with Crippen LogP contribution >= 0.6 is 11.3 Å². The lowest BCUT2D eigenvalue weighted by molar-refractivity contribution is -0.125. The molecule has 0 saturated carbocycles. The Morgan fingerprint density at radius 3 is 2.73 bits per heavy atom. The van der Waals surface area contributed by atoms with Gasteiger partial charge in [-0.05, 0) is 43.0 Å². The Bertz CT molecular complexity index is 926. The van der Waals surface area contributed by atoms with Crippen LogP contribution in [0.1, 0.15) is 34.9 Å². The third-order valence-corrected chi connectivity index (χ3v) is 6.28. The molecule has 0 aliphatic heterocycles. The number of benzene rings is 2. The van der Waals surface area contributed by atoms with Gasteiger partial charge in [0.05, 0.1) is 21.1 Å². The predicted octanol–water partition coefficient (Wildman–Crippen LogP) is 4.97. The zero-order valence-corrected chi connectivity index (χ0v) is 15.6. The third kappa shape index (κ3) is 3.42. The Kier molecular flexibility index (Phi) is 4.85. The second kappa shape index (κ2) is 7.42. The van der Waals surface area contributed by atoms with Gasteiger partial charge in [-0.1, -0.05) is 48.6 Å². The molecular weight excluding hydrogens is 340 g/mol. The van der Waals surface area contributed by atoms with Gasteiger partial charge in [0.25, 0.3) is 0 Å². The van der Waals surface area contributed by atoms with E-state index in [1.165, 1.54) is 15.8 Å². The van der Waals surface area contributed by atoms with Gasteiger partial charge in [0.2, 0.25) is 5.91 Å². The molecule has 0 saturated heterocycles. The van der Waals surface area contributed by atoms with Crippen LogP contribution in [-0.2, 0) is 11.3 Å². The molecule has 1 aliphatic rings. The molecule has 4 heteroatoms. The van der Waals surface area contributed by atoms with Crippen LogP contribution in [0, 0.1) is 12.8 Å². The van der Waals surface area contributed by atoms with E-state index in [0.29, 0.717) is 6.54 Å². The van der Waals surface area contributed by atoms with Crippen LogP contribution in [0.2, 0.25) is 0 Å². The Hall–Kier alpha value is -2.46. The van der Waals surface area contributed by atoms with E-state index in [2.05, 4.69) is 42.6 Å². The maximum Gasteiger partial charge on any atom is 0.224 e. The van der Waals surface area contributed by atoms with Gasteiger partial charge in [0.1, 0.15) is 0 Å². The fourth-order valence-corrected chi connectivity index (χ4v) is 4.69. The van der Waals surface area contributed by atoms with Gasteiger partial charge in [-0.2, -0.15) is 0 Å². The van der Waals surface area contributed by atoms with Crippen molar-refractivity contribution < 1.29 is 4.79 Å². The minimum atomic E-state index is -0.0513. The lowest BCUT2D eigenvalue weighted by atomic mass is 9.82. The Morgan fingerprint density at radius 1 is 1.12 bits per heavy atom.